The summed E-state index contributed by atoms with van der Waals surface area (Å²) in [7, 11) is -1.25. The van der Waals surface area contributed by atoms with Crippen molar-refractivity contribution in [3.8, 4) is 0 Å². The third-order valence-corrected chi connectivity index (χ3v) is 5.92. The lowest BCUT2D eigenvalue weighted by Crippen LogP contribution is -2.36. The van der Waals surface area contributed by atoms with Crippen LogP contribution >= 0.6 is 7.60 Å². The minimum Gasteiger partial charge on any atom is -0.345 e. The van der Waals surface area contributed by atoms with E-state index in [-0.39, 0.29) is 6.10 Å². The Labute approximate surface area is 122 Å². The molecular formula is C11H20NO8P. The molecule has 0 aromatic rings. The number of nitrogens with zero attached hydrogens (tertiary/aromatic N) is 1. The standard InChI is InChI=1S/C11H20NO8P/c1-11(2)19-8-5-7(18-10(8)20-11)9(6-12(13)14)21(15,16-3)17-4/h7-10H,5-6H2,1-4H3/t7-,8+,9+,10+/m0/s1. The van der Waals surface area contributed by atoms with Gasteiger partial charge in [-0.3, -0.25) is 14.7 Å². The van der Waals surface area contributed by atoms with Gasteiger partial charge in [0.2, 0.25) is 6.54 Å². The fraction of sp³-hybridized carbons (Fsp3) is 1.00. The molecule has 0 aromatic carbocycles. The molecule has 10 heteroatoms. The van der Waals surface area contributed by atoms with Crippen LogP contribution in [0.5, 0.6) is 0 Å². The molecule has 122 valence electrons. The summed E-state index contributed by atoms with van der Waals surface area (Å²) in [4.78, 5) is 10.3. The predicted molar refractivity (Wildman–Crippen MR) is 70.6 cm³/mol. The molecule has 0 aliphatic carbocycles. The van der Waals surface area contributed by atoms with Crippen molar-refractivity contribution >= 4 is 7.60 Å². The number of hydrogen-bond acceptors (Lipinski definition) is 8. The van der Waals surface area contributed by atoms with Gasteiger partial charge in [0.25, 0.3) is 0 Å². The van der Waals surface area contributed by atoms with E-state index in [1.165, 1.54) is 14.2 Å². The van der Waals surface area contributed by atoms with Crippen LogP contribution < -0.4 is 0 Å². The monoisotopic (exact) mass is 325 g/mol. The summed E-state index contributed by atoms with van der Waals surface area (Å²) < 4.78 is 39.1. The first-order valence-electron chi connectivity index (χ1n) is 6.55. The van der Waals surface area contributed by atoms with Crippen molar-refractivity contribution in [2.24, 2.45) is 0 Å². The van der Waals surface area contributed by atoms with Gasteiger partial charge in [0.05, 0.1) is 6.10 Å². The van der Waals surface area contributed by atoms with Gasteiger partial charge in [-0.25, -0.2) is 0 Å². The topological polar surface area (TPSA) is 106 Å². The molecule has 0 radical (unpaired) electrons. The van der Waals surface area contributed by atoms with Gasteiger partial charge in [-0.15, -0.1) is 0 Å². The van der Waals surface area contributed by atoms with Gasteiger partial charge in [-0.2, -0.15) is 0 Å². The van der Waals surface area contributed by atoms with Crippen LogP contribution in [-0.4, -0.2) is 55.6 Å². The lowest BCUT2D eigenvalue weighted by molar-refractivity contribution is -0.481. The molecule has 2 fully saturated rings. The van der Waals surface area contributed by atoms with E-state index in [1.54, 1.807) is 13.8 Å². The fourth-order valence-corrected chi connectivity index (χ4v) is 4.33. The molecule has 2 aliphatic rings. The predicted octanol–water partition coefficient (Wildman–Crippen LogP) is 1.38. The van der Waals surface area contributed by atoms with Gasteiger partial charge in [0.15, 0.2) is 17.7 Å². The fourth-order valence-electron chi connectivity index (χ4n) is 2.70. The van der Waals surface area contributed by atoms with Gasteiger partial charge in [-0.05, 0) is 13.8 Å². The molecule has 0 N–H and O–H groups in total. The SMILES string of the molecule is COP(=O)(OC)[C@H](C[N+](=O)[O-])[C@@H]1C[C@H]2OC(C)(C)O[C@H]2O1. The van der Waals surface area contributed by atoms with E-state index in [2.05, 4.69) is 0 Å². The summed E-state index contributed by atoms with van der Waals surface area (Å²) in [5.74, 6) is -0.759. The van der Waals surface area contributed by atoms with Gasteiger partial charge >= 0.3 is 7.60 Å². The van der Waals surface area contributed by atoms with Crippen molar-refractivity contribution in [1.82, 2.24) is 0 Å². The van der Waals surface area contributed by atoms with Crippen molar-refractivity contribution < 1.29 is 32.7 Å². The van der Waals surface area contributed by atoms with Gasteiger partial charge in [-0.1, -0.05) is 0 Å². The first-order chi connectivity index (χ1) is 9.70. The maximum Gasteiger partial charge on any atom is 0.342 e. The molecule has 0 unspecified atom stereocenters. The Balaban J connectivity index is 2.14. The molecule has 9 nitrogen and oxygen atoms in total. The van der Waals surface area contributed by atoms with Crippen LogP contribution in [0.15, 0.2) is 0 Å². The summed E-state index contributed by atoms with van der Waals surface area (Å²) in [6, 6.07) is 0. The zero-order chi connectivity index (χ0) is 15.8. The Kier molecular flexibility index (Phi) is 4.72. The summed E-state index contributed by atoms with van der Waals surface area (Å²) >= 11 is 0. The second kappa shape index (κ2) is 5.91. The molecule has 0 saturated carbocycles. The van der Waals surface area contributed by atoms with Crippen LogP contribution in [0.1, 0.15) is 20.3 Å². The van der Waals surface area contributed by atoms with Crippen LogP contribution in [0.2, 0.25) is 0 Å². The van der Waals surface area contributed by atoms with Crippen LogP contribution in [0, 0.1) is 10.1 Å². The summed E-state index contributed by atoms with van der Waals surface area (Å²) in [6.07, 6.45) is -1.32. The first kappa shape index (κ1) is 16.8. The minimum absolute atomic E-state index is 0.337. The van der Waals surface area contributed by atoms with Gasteiger partial charge in [0, 0.05) is 25.6 Å². The number of nitro groups is 1. The van der Waals surface area contributed by atoms with E-state index in [4.69, 9.17) is 23.3 Å². The molecule has 0 spiro atoms. The first-order valence-corrected chi connectivity index (χ1v) is 8.16. The molecule has 21 heavy (non-hydrogen) atoms. The van der Waals surface area contributed by atoms with Crippen molar-refractivity contribution in [3.63, 3.8) is 0 Å². The largest absolute Gasteiger partial charge is 0.345 e. The maximum absolute atomic E-state index is 12.5. The average molecular weight is 325 g/mol. The molecule has 0 bridgehead atoms. The zero-order valence-electron chi connectivity index (χ0n) is 12.4. The molecule has 2 saturated heterocycles. The van der Waals surface area contributed by atoms with Crippen LogP contribution in [0.4, 0.5) is 0 Å². The highest BCUT2D eigenvalue weighted by atomic mass is 31.2. The number of ether oxygens (including phenoxy) is 3. The molecule has 2 rings (SSSR count). The third kappa shape index (κ3) is 3.44. The molecule has 2 heterocycles. The van der Waals surface area contributed by atoms with Gasteiger partial charge < -0.3 is 23.3 Å². The highest BCUT2D eigenvalue weighted by Crippen LogP contribution is 2.55. The van der Waals surface area contributed by atoms with Crippen LogP contribution in [0.3, 0.4) is 0 Å². The second-order valence-corrected chi connectivity index (χ2v) is 7.91. The summed E-state index contributed by atoms with van der Waals surface area (Å²) in [5.41, 5.74) is -1.01. The van der Waals surface area contributed by atoms with Gasteiger partial charge in [0.1, 0.15) is 6.10 Å². The van der Waals surface area contributed by atoms with E-state index >= 15 is 0 Å². The van der Waals surface area contributed by atoms with Crippen molar-refractivity contribution in [2.45, 2.75) is 50.2 Å². The molecule has 4 atom stereocenters. The van der Waals surface area contributed by atoms with E-state index in [0.29, 0.717) is 6.42 Å². The van der Waals surface area contributed by atoms with E-state index in [1.807, 2.05) is 0 Å². The number of fused-ring (bicyclic) bond motifs is 1. The smallest absolute Gasteiger partial charge is 0.342 e. The van der Waals surface area contributed by atoms with E-state index in [9.17, 15) is 14.7 Å². The molecule has 2 aliphatic heterocycles. The van der Waals surface area contributed by atoms with Crippen molar-refractivity contribution in [3.05, 3.63) is 10.1 Å². The minimum atomic E-state index is -3.64. The Hall–Kier alpha value is -0.570. The highest BCUT2D eigenvalue weighted by molar-refractivity contribution is 7.54. The average Bonchev–Trinajstić information content (AvgIpc) is 2.88. The zero-order valence-corrected chi connectivity index (χ0v) is 13.3. The number of rotatable bonds is 6. The number of hydrogen-bond donors (Lipinski definition) is 0. The summed E-state index contributed by atoms with van der Waals surface area (Å²) in [5, 5.41) is 10.8. The maximum atomic E-state index is 12.5. The van der Waals surface area contributed by atoms with Crippen molar-refractivity contribution in [2.75, 3.05) is 20.8 Å². The Bertz CT molecular complexity index is 432. The lowest BCUT2D eigenvalue weighted by Gasteiger charge is -2.27. The third-order valence-electron chi connectivity index (χ3n) is 3.59. The molecular weight excluding hydrogens is 305 g/mol. The van der Waals surface area contributed by atoms with Crippen LogP contribution in [0.25, 0.3) is 0 Å². The molecule has 0 aromatic heterocycles. The Morgan fingerprint density at radius 1 is 1.38 bits per heavy atom. The highest BCUT2D eigenvalue weighted by Gasteiger charge is 2.55. The quantitative estimate of drug-likeness (QED) is 0.409. The second-order valence-electron chi connectivity index (χ2n) is 5.44. The van der Waals surface area contributed by atoms with Crippen molar-refractivity contribution in [1.29, 1.82) is 0 Å². The Morgan fingerprint density at radius 2 is 2.00 bits per heavy atom. The Morgan fingerprint density at radius 3 is 2.48 bits per heavy atom. The van der Waals surface area contributed by atoms with E-state index in [0.717, 1.165) is 0 Å². The van der Waals surface area contributed by atoms with E-state index < -0.39 is 42.9 Å². The summed E-state index contributed by atoms with van der Waals surface area (Å²) in [6.45, 7) is 2.94. The lowest BCUT2D eigenvalue weighted by atomic mass is 10.1. The molecule has 0 amide bonds. The van der Waals surface area contributed by atoms with Crippen LogP contribution in [-0.2, 0) is 27.8 Å². The normalized spacial score (nSPS) is 32.9.